The molecule has 0 unspecified atom stereocenters. The number of rotatable bonds is 7. The average Bonchev–Trinajstić information content (AvgIpc) is 2.88. The van der Waals surface area contributed by atoms with E-state index in [1.54, 1.807) is 23.1 Å². The molecule has 35 heavy (non-hydrogen) atoms. The first-order chi connectivity index (χ1) is 16.9. The highest BCUT2D eigenvalue weighted by molar-refractivity contribution is 6.30. The summed E-state index contributed by atoms with van der Waals surface area (Å²) in [5.74, 6) is -0.00642. The average molecular weight is 505 g/mol. The Kier molecular flexibility index (Phi) is 8.13. The van der Waals surface area contributed by atoms with Crippen LogP contribution in [0, 0.1) is 11.2 Å². The lowest BCUT2D eigenvalue weighted by molar-refractivity contribution is -0.139. The fraction of sp³-hybridized carbons (Fsp3) is 0.462. The first-order valence-corrected chi connectivity index (χ1v) is 12.1. The van der Waals surface area contributed by atoms with Gasteiger partial charge in [0.1, 0.15) is 5.75 Å². The molecule has 2 fully saturated rings. The number of hydrogen-bond donors (Lipinski definition) is 0. The Balaban J connectivity index is 1.46. The quantitative estimate of drug-likeness (QED) is 0.569. The van der Waals surface area contributed by atoms with Crippen molar-refractivity contribution in [2.45, 2.75) is 19.3 Å². The van der Waals surface area contributed by atoms with Gasteiger partial charge in [0.05, 0.1) is 26.9 Å². The Morgan fingerprint density at radius 1 is 1.06 bits per heavy atom. The molecule has 2 aliphatic heterocycles. The van der Waals surface area contributed by atoms with Gasteiger partial charge in [-0.05, 0) is 49.2 Å². The highest BCUT2D eigenvalue weighted by Crippen LogP contribution is 2.37. The number of carbonyl (C=O) groups is 2. The Morgan fingerprint density at radius 2 is 1.80 bits per heavy atom. The van der Waals surface area contributed by atoms with Crippen molar-refractivity contribution in [3.8, 4) is 11.5 Å². The lowest BCUT2D eigenvalue weighted by Gasteiger charge is -2.42. The van der Waals surface area contributed by atoms with E-state index in [0.29, 0.717) is 76.0 Å². The minimum Gasteiger partial charge on any atom is -0.494 e. The molecular weight excluding hydrogens is 475 g/mol. The van der Waals surface area contributed by atoms with Crippen molar-refractivity contribution in [2.24, 2.45) is 5.41 Å². The molecule has 4 rings (SSSR count). The van der Waals surface area contributed by atoms with Crippen molar-refractivity contribution in [2.75, 3.05) is 53.1 Å². The lowest BCUT2D eigenvalue weighted by Crippen LogP contribution is -2.49. The smallest absolute Gasteiger partial charge is 0.253 e. The number of piperidine rings is 1. The third-order valence-corrected chi connectivity index (χ3v) is 6.98. The molecule has 2 aliphatic rings. The highest BCUT2D eigenvalue weighted by Gasteiger charge is 2.40. The highest BCUT2D eigenvalue weighted by atomic mass is 35.5. The fourth-order valence-corrected chi connectivity index (χ4v) is 4.76. The van der Waals surface area contributed by atoms with Crippen LogP contribution < -0.4 is 9.47 Å². The molecule has 0 spiro atoms. The molecule has 0 aromatic heterocycles. The fourth-order valence-electron chi connectivity index (χ4n) is 4.58. The third kappa shape index (κ3) is 6.24. The maximum atomic E-state index is 14.1. The maximum absolute atomic E-state index is 14.1. The topological polar surface area (TPSA) is 68.3 Å². The van der Waals surface area contributed by atoms with Gasteiger partial charge in [0.15, 0.2) is 11.6 Å². The standard InChI is InChI=1S/C26H30ClFN2O5/c1-33-23-6-5-19(15-22(23)28)25(32)30-9-7-26(8-10-30,17-24(31)29-11-13-34-14-12-29)18-35-21-4-2-3-20(27)16-21/h2-6,15-16H,7-14,17-18H2,1H3. The molecule has 0 radical (unpaired) electrons. The van der Waals surface area contributed by atoms with E-state index in [0.717, 1.165) is 0 Å². The predicted octanol–water partition coefficient (Wildman–Crippen LogP) is 4.04. The second-order valence-corrected chi connectivity index (χ2v) is 9.49. The molecule has 188 valence electrons. The van der Waals surface area contributed by atoms with E-state index in [9.17, 15) is 14.0 Å². The number of halogens is 2. The van der Waals surface area contributed by atoms with Crippen LogP contribution in [-0.2, 0) is 9.53 Å². The van der Waals surface area contributed by atoms with Crippen LogP contribution in [-0.4, -0.2) is 74.7 Å². The van der Waals surface area contributed by atoms with Crippen LogP contribution in [0.4, 0.5) is 4.39 Å². The summed E-state index contributed by atoms with van der Waals surface area (Å²) in [6, 6.07) is 11.4. The van der Waals surface area contributed by atoms with Gasteiger partial charge in [-0.1, -0.05) is 17.7 Å². The van der Waals surface area contributed by atoms with Gasteiger partial charge in [0.2, 0.25) is 5.91 Å². The monoisotopic (exact) mass is 504 g/mol. The minimum atomic E-state index is -0.573. The van der Waals surface area contributed by atoms with E-state index >= 15 is 0 Å². The van der Waals surface area contributed by atoms with E-state index in [4.69, 9.17) is 25.8 Å². The Labute approximate surface area is 209 Å². The maximum Gasteiger partial charge on any atom is 0.253 e. The minimum absolute atomic E-state index is 0.0694. The Hall–Kier alpha value is -2.84. The van der Waals surface area contributed by atoms with Crippen molar-refractivity contribution < 1.29 is 28.2 Å². The predicted molar refractivity (Wildman–Crippen MR) is 129 cm³/mol. The molecule has 0 N–H and O–H groups in total. The summed E-state index contributed by atoms with van der Waals surface area (Å²) in [5, 5.41) is 0.577. The third-order valence-electron chi connectivity index (χ3n) is 6.74. The van der Waals surface area contributed by atoms with Crippen LogP contribution in [0.2, 0.25) is 5.02 Å². The van der Waals surface area contributed by atoms with E-state index in [2.05, 4.69) is 0 Å². The summed E-state index contributed by atoms with van der Waals surface area (Å²) in [6.45, 7) is 3.47. The molecule has 7 nitrogen and oxygen atoms in total. The largest absolute Gasteiger partial charge is 0.494 e. The SMILES string of the molecule is COc1ccc(C(=O)N2CCC(COc3cccc(Cl)c3)(CC(=O)N3CCOCC3)CC2)cc1F. The molecule has 0 saturated carbocycles. The van der Waals surface area contributed by atoms with Crippen LogP contribution in [0.5, 0.6) is 11.5 Å². The summed E-state index contributed by atoms with van der Waals surface area (Å²) in [4.78, 5) is 29.7. The second kappa shape index (κ2) is 11.3. The van der Waals surface area contributed by atoms with E-state index in [-0.39, 0.29) is 23.1 Å². The Morgan fingerprint density at radius 3 is 2.46 bits per heavy atom. The number of carbonyl (C=O) groups excluding carboxylic acids is 2. The van der Waals surface area contributed by atoms with Crippen molar-refractivity contribution in [3.63, 3.8) is 0 Å². The van der Waals surface area contributed by atoms with Crippen LogP contribution in [0.3, 0.4) is 0 Å². The van der Waals surface area contributed by atoms with E-state index in [1.165, 1.54) is 19.2 Å². The number of benzene rings is 2. The van der Waals surface area contributed by atoms with Crippen LogP contribution in [0.25, 0.3) is 0 Å². The summed E-state index contributed by atoms with van der Waals surface area (Å²) in [6.07, 6.45) is 1.51. The van der Waals surface area contributed by atoms with Crippen molar-refractivity contribution in [1.82, 2.24) is 9.80 Å². The molecule has 2 aromatic carbocycles. The molecule has 2 amide bonds. The van der Waals surface area contributed by atoms with E-state index in [1.807, 2.05) is 17.0 Å². The second-order valence-electron chi connectivity index (χ2n) is 9.06. The van der Waals surface area contributed by atoms with Gasteiger partial charge in [-0.15, -0.1) is 0 Å². The summed E-state index contributed by atoms with van der Waals surface area (Å²) >= 11 is 6.10. The molecule has 2 heterocycles. The summed E-state index contributed by atoms with van der Waals surface area (Å²) < 4.78 is 30.6. The van der Waals surface area contributed by atoms with Gasteiger partial charge in [0.25, 0.3) is 5.91 Å². The number of amides is 2. The van der Waals surface area contributed by atoms with Gasteiger partial charge in [-0.2, -0.15) is 0 Å². The number of morpholine rings is 1. The molecule has 9 heteroatoms. The van der Waals surface area contributed by atoms with Gasteiger partial charge < -0.3 is 24.0 Å². The molecule has 0 bridgehead atoms. The van der Waals surface area contributed by atoms with Gasteiger partial charge >= 0.3 is 0 Å². The molecule has 0 atom stereocenters. The number of nitrogens with zero attached hydrogens (tertiary/aromatic N) is 2. The lowest BCUT2D eigenvalue weighted by atomic mass is 9.75. The zero-order valence-electron chi connectivity index (χ0n) is 19.8. The number of likely N-dealkylation sites (tertiary alicyclic amines) is 1. The van der Waals surface area contributed by atoms with Gasteiger partial charge in [-0.3, -0.25) is 9.59 Å². The van der Waals surface area contributed by atoms with Gasteiger partial charge in [0, 0.05) is 48.6 Å². The van der Waals surface area contributed by atoms with Crippen molar-refractivity contribution in [3.05, 3.63) is 58.9 Å². The van der Waals surface area contributed by atoms with Crippen LogP contribution >= 0.6 is 11.6 Å². The van der Waals surface area contributed by atoms with Crippen molar-refractivity contribution in [1.29, 1.82) is 0 Å². The Bertz CT molecular complexity index is 1050. The number of methoxy groups -OCH3 is 1. The molecule has 0 aliphatic carbocycles. The first-order valence-electron chi connectivity index (χ1n) is 11.8. The summed E-state index contributed by atoms with van der Waals surface area (Å²) in [5.41, 5.74) is -0.157. The summed E-state index contributed by atoms with van der Waals surface area (Å²) in [7, 11) is 1.38. The number of hydrogen-bond acceptors (Lipinski definition) is 5. The van der Waals surface area contributed by atoms with Crippen molar-refractivity contribution >= 4 is 23.4 Å². The van der Waals surface area contributed by atoms with Crippen LogP contribution in [0.1, 0.15) is 29.6 Å². The first kappa shape index (κ1) is 25.3. The zero-order valence-corrected chi connectivity index (χ0v) is 20.6. The molecule has 2 saturated heterocycles. The van der Waals surface area contributed by atoms with Gasteiger partial charge in [-0.25, -0.2) is 4.39 Å². The molecule has 2 aromatic rings. The zero-order chi connectivity index (χ0) is 24.8. The van der Waals surface area contributed by atoms with E-state index < -0.39 is 11.2 Å². The van der Waals surface area contributed by atoms with Crippen LogP contribution in [0.15, 0.2) is 42.5 Å². The normalized spacial score (nSPS) is 17.7. The number of ether oxygens (including phenoxy) is 3. The molecular formula is C26H30ClFN2O5.